The van der Waals surface area contributed by atoms with Crippen molar-refractivity contribution in [1.29, 1.82) is 0 Å². The smallest absolute Gasteiger partial charge is 0.0900 e. The van der Waals surface area contributed by atoms with E-state index >= 15 is 0 Å². The lowest BCUT2D eigenvalue weighted by molar-refractivity contribution is -0.0467. The molecular weight excluding hydrogens is 276 g/mol. The highest BCUT2D eigenvalue weighted by atomic mass is 16.5. The molecule has 22 heavy (non-hydrogen) atoms. The Kier molecular flexibility index (Phi) is 6.69. The molecule has 0 amide bonds. The molecule has 2 aliphatic rings. The van der Waals surface area contributed by atoms with Gasteiger partial charge in [-0.25, -0.2) is 0 Å². The molecule has 0 aromatic rings. The van der Waals surface area contributed by atoms with Crippen LogP contribution in [0.15, 0.2) is 0 Å². The van der Waals surface area contributed by atoms with Crippen molar-refractivity contribution in [2.45, 2.75) is 58.7 Å². The number of rotatable bonds is 5. The van der Waals surface area contributed by atoms with Crippen LogP contribution in [0.2, 0.25) is 0 Å². The SMILES string of the molecule is CN1CCN(CC(O)COC2CCC(C(C)(C)C)CC2)CC1. The summed E-state index contributed by atoms with van der Waals surface area (Å²) in [5, 5.41) is 10.2. The molecule has 2 rings (SSSR count). The minimum absolute atomic E-state index is 0.344. The lowest BCUT2D eigenvalue weighted by atomic mass is 9.72. The highest BCUT2D eigenvalue weighted by Gasteiger charge is 2.30. The topological polar surface area (TPSA) is 35.9 Å². The van der Waals surface area contributed by atoms with E-state index in [0.717, 1.165) is 51.5 Å². The molecule has 0 aromatic heterocycles. The number of piperazine rings is 1. The molecule has 4 heteroatoms. The summed E-state index contributed by atoms with van der Waals surface area (Å²) in [6.07, 6.45) is 4.86. The van der Waals surface area contributed by atoms with Crippen molar-refractivity contribution in [1.82, 2.24) is 9.80 Å². The number of hydrogen-bond acceptors (Lipinski definition) is 4. The van der Waals surface area contributed by atoms with Crippen molar-refractivity contribution >= 4 is 0 Å². The Labute approximate surface area is 136 Å². The highest BCUT2D eigenvalue weighted by molar-refractivity contribution is 4.81. The van der Waals surface area contributed by atoms with Crippen LogP contribution in [0.4, 0.5) is 0 Å². The summed E-state index contributed by atoms with van der Waals surface area (Å²) in [5.41, 5.74) is 0.423. The van der Waals surface area contributed by atoms with Crippen LogP contribution in [0.1, 0.15) is 46.5 Å². The van der Waals surface area contributed by atoms with E-state index in [1.807, 2.05) is 0 Å². The standard InChI is InChI=1S/C18H36N2O2/c1-18(2,3)15-5-7-17(8-6-15)22-14-16(21)13-20-11-9-19(4)10-12-20/h15-17,21H,5-14H2,1-4H3. The number of likely N-dealkylation sites (N-methyl/N-ethyl adjacent to an activating group) is 1. The Morgan fingerprint density at radius 2 is 1.64 bits per heavy atom. The Hall–Kier alpha value is -0.160. The average molecular weight is 312 g/mol. The number of aliphatic hydroxyl groups is 1. The third kappa shape index (κ3) is 5.80. The molecule has 0 aromatic carbocycles. The summed E-state index contributed by atoms with van der Waals surface area (Å²) in [5.74, 6) is 0.822. The first-order valence-electron chi connectivity index (χ1n) is 9.05. The molecule has 1 saturated carbocycles. The van der Waals surface area contributed by atoms with Gasteiger partial charge in [-0.3, -0.25) is 4.90 Å². The van der Waals surface area contributed by atoms with E-state index in [-0.39, 0.29) is 6.10 Å². The van der Waals surface area contributed by atoms with Crippen LogP contribution in [0.25, 0.3) is 0 Å². The summed E-state index contributed by atoms with van der Waals surface area (Å²) in [6, 6.07) is 0. The highest BCUT2D eigenvalue weighted by Crippen LogP contribution is 2.38. The monoisotopic (exact) mass is 312 g/mol. The van der Waals surface area contributed by atoms with E-state index in [1.165, 1.54) is 12.8 Å². The van der Waals surface area contributed by atoms with E-state index in [9.17, 15) is 5.11 Å². The fourth-order valence-electron chi connectivity index (χ4n) is 3.72. The number of nitrogens with zero attached hydrogens (tertiary/aromatic N) is 2. The lowest BCUT2D eigenvalue weighted by Gasteiger charge is -2.37. The molecule has 1 aliphatic heterocycles. The summed E-state index contributed by atoms with van der Waals surface area (Å²) < 4.78 is 5.98. The predicted molar refractivity (Wildman–Crippen MR) is 91.1 cm³/mol. The van der Waals surface area contributed by atoms with Gasteiger partial charge in [0.2, 0.25) is 0 Å². The summed E-state index contributed by atoms with van der Waals surface area (Å²) in [7, 11) is 2.16. The Balaban J connectivity index is 1.60. The molecule has 1 aliphatic carbocycles. The number of β-amino-alcohol motifs (C(OH)–C–C–N with tert-alkyl or cyclic N) is 1. The number of aliphatic hydroxyl groups excluding tert-OH is 1. The van der Waals surface area contributed by atoms with Crippen molar-refractivity contribution in [3.8, 4) is 0 Å². The maximum atomic E-state index is 10.2. The minimum Gasteiger partial charge on any atom is -0.389 e. The molecule has 4 nitrogen and oxygen atoms in total. The zero-order valence-corrected chi connectivity index (χ0v) is 15.1. The normalized spacial score (nSPS) is 30.4. The molecule has 1 saturated heterocycles. The number of hydrogen-bond donors (Lipinski definition) is 1. The first-order chi connectivity index (χ1) is 10.3. The van der Waals surface area contributed by atoms with Crippen LogP contribution in [0, 0.1) is 11.3 Å². The zero-order chi connectivity index (χ0) is 16.2. The lowest BCUT2D eigenvalue weighted by Crippen LogP contribution is -2.47. The maximum Gasteiger partial charge on any atom is 0.0900 e. The maximum absolute atomic E-state index is 10.2. The molecule has 1 N–H and O–H groups in total. The summed E-state index contributed by atoms with van der Waals surface area (Å²) in [4.78, 5) is 4.69. The van der Waals surface area contributed by atoms with E-state index in [1.54, 1.807) is 0 Å². The second kappa shape index (κ2) is 8.09. The molecule has 0 radical (unpaired) electrons. The minimum atomic E-state index is -0.344. The van der Waals surface area contributed by atoms with Crippen molar-refractivity contribution in [3.05, 3.63) is 0 Å². The van der Waals surface area contributed by atoms with E-state index in [0.29, 0.717) is 18.1 Å². The molecular formula is C18H36N2O2. The first-order valence-corrected chi connectivity index (χ1v) is 9.05. The molecule has 1 atom stereocenters. The zero-order valence-electron chi connectivity index (χ0n) is 15.1. The van der Waals surface area contributed by atoms with Crippen LogP contribution in [-0.4, -0.2) is 73.5 Å². The van der Waals surface area contributed by atoms with Crippen LogP contribution in [-0.2, 0) is 4.74 Å². The quantitative estimate of drug-likeness (QED) is 0.844. The molecule has 2 fully saturated rings. The van der Waals surface area contributed by atoms with Gasteiger partial charge < -0.3 is 14.7 Å². The van der Waals surface area contributed by atoms with Gasteiger partial charge in [0.05, 0.1) is 18.8 Å². The van der Waals surface area contributed by atoms with Gasteiger partial charge >= 0.3 is 0 Å². The Morgan fingerprint density at radius 1 is 1.05 bits per heavy atom. The molecule has 130 valence electrons. The van der Waals surface area contributed by atoms with Gasteiger partial charge in [0.25, 0.3) is 0 Å². The van der Waals surface area contributed by atoms with Gasteiger partial charge in [-0.1, -0.05) is 20.8 Å². The van der Waals surface area contributed by atoms with Gasteiger partial charge in [-0.15, -0.1) is 0 Å². The van der Waals surface area contributed by atoms with Gasteiger partial charge in [-0.2, -0.15) is 0 Å². The largest absolute Gasteiger partial charge is 0.389 e. The molecule has 1 unspecified atom stereocenters. The molecule has 1 heterocycles. The third-order valence-corrected chi connectivity index (χ3v) is 5.49. The summed E-state index contributed by atoms with van der Waals surface area (Å²) in [6.45, 7) is 12.6. The van der Waals surface area contributed by atoms with Crippen molar-refractivity contribution < 1.29 is 9.84 Å². The second-order valence-electron chi connectivity index (χ2n) is 8.43. The first kappa shape index (κ1) is 18.2. The van der Waals surface area contributed by atoms with Crippen molar-refractivity contribution in [3.63, 3.8) is 0 Å². The Bertz CT molecular complexity index is 314. The molecule has 0 spiro atoms. The average Bonchev–Trinajstić information content (AvgIpc) is 2.47. The van der Waals surface area contributed by atoms with Crippen LogP contribution in [0.5, 0.6) is 0 Å². The van der Waals surface area contributed by atoms with E-state index in [2.05, 4.69) is 37.6 Å². The number of ether oxygens (including phenoxy) is 1. The van der Waals surface area contributed by atoms with Crippen molar-refractivity contribution in [2.75, 3.05) is 46.4 Å². The van der Waals surface area contributed by atoms with Crippen molar-refractivity contribution in [2.24, 2.45) is 11.3 Å². The fourth-order valence-corrected chi connectivity index (χ4v) is 3.72. The Morgan fingerprint density at radius 3 is 2.18 bits per heavy atom. The summed E-state index contributed by atoms with van der Waals surface area (Å²) >= 11 is 0. The third-order valence-electron chi connectivity index (χ3n) is 5.49. The molecule has 0 bridgehead atoms. The van der Waals surface area contributed by atoms with Crippen LogP contribution >= 0.6 is 0 Å². The van der Waals surface area contributed by atoms with E-state index < -0.39 is 0 Å². The van der Waals surface area contributed by atoms with Gasteiger partial charge in [0, 0.05) is 32.7 Å². The van der Waals surface area contributed by atoms with Crippen LogP contribution in [0.3, 0.4) is 0 Å². The predicted octanol–water partition coefficient (Wildman–Crippen LogP) is 2.22. The van der Waals surface area contributed by atoms with Gasteiger partial charge in [-0.05, 0) is 44.1 Å². The van der Waals surface area contributed by atoms with E-state index in [4.69, 9.17) is 4.74 Å². The second-order valence-corrected chi connectivity index (χ2v) is 8.43. The van der Waals surface area contributed by atoms with Gasteiger partial charge in [0.1, 0.15) is 0 Å². The van der Waals surface area contributed by atoms with Crippen LogP contribution < -0.4 is 0 Å². The fraction of sp³-hybridized carbons (Fsp3) is 1.00. The van der Waals surface area contributed by atoms with Gasteiger partial charge in [0.15, 0.2) is 0 Å².